The van der Waals surface area contributed by atoms with Crippen molar-refractivity contribution in [1.82, 2.24) is 20.4 Å². The highest BCUT2D eigenvalue weighted by atomic mass is 16.7. The fraction of sp³-hybridized carbons (Fsp3) is 0.357. The number of aromatic nitrogens is 2. The molecule has 0 spiro atoms. The Morgan fingerprint density at radius 2 is 2.18 bits per heavy atom. The van der Waals surface area contributed by atoms with E-state index in [1.165, 1.54) is 4.90 Å². The molecule has 0 radical (unpaired) electrons. The van der Waals surface area contributed by atoms with E-state index in [4.69, 9.17) is 14.0 Å². The zero-order valence-electron chi connectivity index (χ0n) is 12.3. The number of hydrogen-bond donors (Lipinski definition) is 1. The number of ether oxygens (including phenoxy) is 2. The lowest BCUT2D eigenvalue weighted by Crippen LogP contribution is -2.36. The van der Waals surface area contributed by atoms with E-state index in [1.807, 2.05) is 18.2 Å². The van der Waals surface area contributed by atoms with E-state index in [0.717, 1.165) is 11.3 Å². The molecule has 0 unspecified atom stereocenters. The summed E-state index contributed by atoms with van der Waals surface area (Å²) < 4.78 is 15.4. The molecule has 2 amide bonds. The van der Waals surface area contributed by atoms with Crippen LogP contribution in [0.25, 0.3) is 0 Å². The summed E-state index contributed by atoms with van der Waals surface area (Å²) in [5.41, 5.74) is 0.932. The van der Waals surface area contributed by atoms with Gasteiger partial charge >= 0.3 is 6.03 Å². The minimum atomic E-state index is -0.222. The monoisotopic (exact) mass is 304 g/mol. The molecule has 1 aliphatic heterocycles. The van der Waals surface area contributed by atoms with Crippen molar-refractivity contribution in [2.75, 3.05) is 13.8 Å². The van der Waals surface area contributed by atoms with E-state index in [0.29, 0.717) is 24.0 Å². The van der Waals surface area contributed by atoms with Crippen molar-refractivity contribution in [3.05, 3.63) is 35.5 Å². The Morgan fingerprint density at radius 3 is 2.95 bits per heavy atom. The molecule has 0 saturated carbocycles. The van der Waals surface area contributed by atoms with Gasteiger partial charge in [-0.1, -0.05) is 11.2 Å². The number of rotatable bonds is 4. The third kappa shape index (κ3) is 3.11. The first kappa shape index (κ1) is 14.2. The van der Waals surface area contributed by atoms with E-state index in [2.05, 4.69) is 15.5 Å². The average Bonchev–Trinajstić information content (AvgIpc) is 3.12. The predicted octanol–water partition coefficient (Wildman–Crippen LogP) is 1.45. The number of benzene rings is 1. The molecule has 0 fully saturated rings. The van der Waals surface area contributed by atoms with E-state index in [9.17, 15) is 4.79 Å². The quantitative estimate of drug-likeness (QED) is 0.919. The van der Waals surface area contributed by atoms with Crippen LogP contribution in [0.4, 0.5) is 4.79 Å². The Bertz CT molecular complexity index is 685. The van der Waals surface area contributed by atoms with Gasteiger partial charge < -0.3 is 24.2 Å². The van der Waals surface area contributed by atoms with Crippen molar-refractivity contribution in [3.63, 3.8) is 0 Å². The first-order valence-electron chi connectivity index (χ1n) is 6.78. The summed E-state index contributed by atoms with van der Waals surface area (Å²) in [5.74, 6) is 2.37. The van der Waals surface area contributed by atoms with E-state index in [-0.39, 0.29) is 19.4 Å². The van der Waals surface area contributed by atoms with Crippen LogP contribution in [0, 0.1) is 6.92 Å². The standard InChI is InChI=1S/C14H16N4O4/c1-9-16-13(17-22-9)7-18(2)14(19)15-6-10-3-4-11-12(5-10)21-8-20-11/h3-5H,6-8H2,1-2H3,(H,15,19). The SMILES string of the molecule is Cc1nc(CN(C)C(=O)NCc2ccc3c(c2)OCO3)no1. The molecular weight excluding hydrogens is 288 g/mol. The lowest BCUT2D eigenvalue weighted by Gasteiger charge is -2.16. The third-order valence-electron chi connectivity index (χ3n) is 3.18. The molecule has 22 heavy (non-hydrogen) atoms. The van der Waals surface area contributed by atoms with Crippen molar-refractivity contribution in [2.45, 2.75) is 20.0 Å². The Balaban J connectivity index is 1.53. The largest absolute Gasteiger partial charge is 0.454 e. The van der Waals surface area contributed by atoms with Crippen molar-refractivity contribution in [1.29, 1.82) is 0 Å². The fourth-order valence-electron chi connectivity index (χ4n) is 2.05. The van der Waals surface area contributed by atoms with Crippen molar-refractivity contribution < 1.29 is 18.8 Å². The molecule has 2 aromatic rings. The number of hydrogen-bond acceptors (Lipinski definition) is 6. The molecule has 1 aromatic carbocycles. The second-order valence-corrected chi connectivity index (χ2v) is 4.93. The maximum absolute atomic E-state index is 12.0. The normalized spacial score (nSPS) is 12.3. The summed E-state index contributed by atoms with van der Waals surface area (Å²) in [6.45, 7) is 2.61. The van der Waals surface area contributed by atoms with Crippen LogP contribution in [0.1, 0.15) is 17.3 Å². The molecule has 116 valence electrons. The number of carbonyl (C=O) groups is 1. The lowest BCUT2D eigenvalue weighted by atomic mass is 10.2. The summed E-state index contributed by atoms with van der Waals surface area (Å²) in [6.07, 6.45) is 0. The Kier molecular flexibility index (Phi) is 3.82. The predicted molar refractivity (Wildman–Crippen MR) is 75.3 cm³/mol. The van der Waals surface area contributed by atoms with Crippen LogP contribution in [-0.2, 0) is 13.1 Å². The molecular formula is C14H16N4O4. The summed E-state index contributed by atoms with van der Waals surface area (Å²) in [6, 6.07) is 5.34. The molecule has 3 rings (SSSR count). The highest BCUT2D eigenvalue weighted by Crippen LogP contribution is 2.32. The van der Waals surface area contributed by atoms with E-state index < -0.39 is 0 Å². The van der Waals surface area contributed by atoms with Gasteiger partial charge in [0.15, 0.2) is 17.3 Å². The number of urea groups is 1. The molecule has 2 heterocycles. The van der Waals surface area contributed by atoms with E-state index in [1.54, 1.807) is 14.0 Å². The Labute approximate surface area is 127 Å². The van der Waals surface area contributed by atoms with Crippen LogP contribution in [0.3, 0.4) is 0 Å². The number of aryl methyl sites for hydroxylation is 1. The lowest BCUT2D eigenvalue weighted by molar-refractivity contribution is 0.174. The maximum Gasteiger partial charge on any atom is 0.317 e. The minimum Gasteiger partial charge on any atom is -0.454 e. The summed E-state index contributed by atoms with van der Waals surface area (Å²) >= 11 is 0. The van der Waals surface area contributed by atoms with Gasteiger partial charge in [-0.15, -0.1) is 0 Å². The van der Waals surface area contributed by atoms with Crippen LogP contribution in [0.2, 0.25) is 0 Å². The van der Waals surface area contributed by atoms with Gasteiger partial charge in [-0.3, -0.25) is 0 Å². The smallest absolute Gasteiger partial charge is 0.317 e. The van der Waals surface area contributed by atoms with Crippen molar-refractivity contribution in [3.8, 4) is 11.5 Å². The summed E-state index contributed by atoms with van der Waals surface area (Å²) in [7, 11) is 1.67. The van der Waals surface area contributed by atoms with Gasteiger partial charge in [0, 0.05) is 20.5 Å². The summed E-state index contributed by atoms with van der Waals surface area (Å²) in [5, 5.41) is 6.58. The molecule has 1 aliphatic rings. The third-order valence-corrected chi connectivity index (χ3v) is 3.18. The molecule has 0 bridgehead atoms. The van der Waals surface area contributed by atoms with Gasteiger partial charge in [0.05, 0.1) is 6.54 Å². The molecule has 8 nitrogen and oxygen atoms in total. The van der Waals surface area contributed by atoms with Gasteiger partial charge in [0.2, 0.25) is 12.7 Å². The van der Waals surface area contributed by atoms with Crippen LogP contribution < -0.4 is 14.8 Å². The van der Waals surface area contributed by atoms with Crippen molar-refractivity contribution >= 4 is 6.03 Å². The molecule has 1 N–H and O–H groups in total. The molecule has 0 aliphatic carbocycles. The molecule has 1 aromatic heterocycles. The van der Waals surface area contributed by atoms with Gasteiger partial charge in [-0.05, 0) is 17.7 Å². The first-order chi connectivity index (χ1) is 10.6. The number of nitrogens with one attached hydrogen (secondary N) is 1. The average molecular weight is 304 g/mol. The van der Waals surface area contributed by atoms with Gasteiger partial charge in [0.1, 0.15) is 0 Å². The van der Waals surface area contributed by atoms with Gasteiger partial charge in [-0.25, -0.2) is 4.79 Å². The van der Waals surface area contributed by atoms with Crippen LogP contribution in [-0.4, -0.2) is 34.9 Å². The van der Waals surface area contributed by atoms with Crippen molar-refractivity contribution in [2.24, 2.45) is 0 Å². The van der Waals surface area contributed by atoms with E-state index >= 15 is 0 Å². The topological polar surface area (TPSA) is 89.7 Å². The highest BCUT2D eigenvalue weighted by molar-refractivity contribution is 5.73. The Hall–Kier alpha value is -2.77. The van der Waals surface area contributed by atoms with Crippen LogP contribution in [0.15, 0.2) is 22.7 Å². The van der Waals surface area contributed by atoms with Gasteiger partial charge in [-0.2, -0.15) is 4.98 Å². The maximum atomic E-state index is 12.0. The zero-order chi connectivity index (χ0) is 15.5. The first-order valence-corrected chi connectivity index (χ1v) is 6.78. The number of carbonyl (C=O) groups excluding carboxylic acids is 1. The fourth-order valence-corrected chi connectivity index (χ4v) is 2.05. The summed E-state index contributed by atoms with van der Waals surface area (Å²) in [4.78, 5) is 17.6. The Morgan fingerprint density at radius 1 is 1.36 bits per heavy atom. The number of nitrogens with zero attached hydrogens (tertiary/aromatic N) is 3. The minimum absolute atomic E-state index is 0.222. The van der Waals surface area contributed by atoms with Gasteiger partial charge in [0.25, 0.3) is 0 Å². The highest BCUT2D eigenvalue weighted by Gasteiger charge is 2.15. The molecule has 0 saturated heterocycles. The second kappa shape index (κ2) is 5.92. The second-order valence-electron chi connectivity index (χ2n) is 4.93. The molecule has 8 heteroatoms. The van der Waals surface area contributed by atoms with Crippen LogP contribution >= 0.6 is 0 Å². The van der Waals surface area contributed by atoms with Crippen LogP contribution in [0.5, 0.6) is 11.5 Å². The molecule has 0 atom stereocenters. The number of amides is 2. The number of fused-ring (bicyclic) bond motifs is 1. The zero-order valence-corrected chi connectivity index (χ0v) is 12.3.